The van der Waals surface area contributed by atoms with E-state index in [9.17, 15) is 13.5 Å². The number of primary sulfonamides is 1. The standard InChI is InChI=1S/C17H22BrN5O4S/c1-17(2,24)14-4-3-7-20-15-11(18)9-21-16(23-15)22-10-5-6-13(28(19,25)26)12(8-10)27-14/h5-6,8-9,14,24H,3-4,7H2,1-2H3,(H2,19,25,26)(H2,20,21,22,23). The molecule has 3 rings (SSSR count). The van der Waals surface area contributed by atoms with Crippen molar-refractivity contribution < 1.29 is 18.3 Å². The largest absolute Gasteiger partial charge is 0.486 e. The van der Waals surface area contributed by atoms with Gasteiger partial charge in [-0.05, 0) is 54.8 Å². The van der Waals surface area contributed by atoms with Gasteiger partial charge in [-0.1, -0.05) is 0 Å². The molecule has 1 aliphatic heterocycles. The minimum atomic E-state index is -4.01. The summed E-state index contributed by atoms with van der Waals surface area (Å²) in [5.74, 6) is 1.02. The highest BCUT2D eigenvalue weighted by Gasteiger charge is 2.30. The lowest BCUT2D eigenvalue weighted by Crippen LogP contribution is -2.41. The molecular weight excluding hydrogens is 450 g/mol. The summed E-state index contributed by atoms with van der Waals surface area (Å²) in [6, 6.07) is 4.41. The first-order valence-corrected chi connectivity index (χ1v) is 11.0. The van der Waals surface area contributed by atoms with Gasteiger partial charge in [-0.25, -0.2) is 18.5 Å². The molecule has 0 radical (unpaired) electrons. The summed E-state index contributed by atoms with van der Waals surface area (Å²) in [6.07, 6.45) is 2.10. The van der Waals surface area contributed by atoms with Gasteiger partial charge in [0, 0.05) is 24.5 Å². The molecule has 0 aliphatic carbocycles. The Morgan fingerprint density at radius 1 is 1.39 bits per heavy atom. The summed E-state index contributed by atoms with van der Waals surface area (Å²) in [7, 11) is -4.01. The van der Waals surface area contributed by atoms with Crippen LogP contribution in [0, 0.1) is 0 Å². The molecule has 0 spiro atoms. The van der Waals surface area contributed by atoms with E-state index >= 15 is 0 Å². The molecule has 0 saturated heterocycles. The van der Waals surface area contributed by atoms with Crippen LogP contribution in [0.5, 0.6) is 5.75 Å². The van der Waals surface area contributed by atoms with E-state index in [2.05, 4.69) is 36.5 Å². The number of sulfonamides is 1. The van der Waals surface area contributed by atoms with Gasteiger partial charge >= 0.3 is 0 Å². The van der Waals surface area contributed by atoms with E-state index in [1.54, 1.807) is 26.1 Å². The molecule has 1 aliphatic rings. The fraction of sp³-hybridized carbons (Fsp3) is 0.412. The molecule has 0 fully saturated rings. The maximum absolute atomic E-state index is 12.0. The average Bonchev–Trinajstić information content (AvgIpc) is 2.58. The predicted octanol–water partition coefficient (Wildman–Crippen LogP) is 2.35. The Kier molecular flexibility index (Phi) is 5.80. The van der Waals surface area contributed by atoms with Crippen LogP contribution in [-0.2, 0) is 10.0 Å². The third-order valence-electron chi connectivity index (χ3n) is 4.24. The van der Waals surface area contributed by atoms with Crippen LogP contribution in [-0.4, -0.2) is 41.7 Å². The van der Waals surface area contributed by atoms with Crippen molar-refractivity contribution in [3.63, 3.8) is 0 Å². The van der Waals surface area contributed by atoms with E-state index in [0.29, 0.717) is 41.3 Å². The SMILES string of the molecule is CC(C)(O)C1CCCNc2nc(ncc2Br)Nc2ccc(S(N)(=O)=O)c(c2)O1. The number of ether oxygens (including phenoxy) is 1. The number of rotatable bonds is 2. The zero-order chi connectivity index (χ0) is 20.5. The Bertz CT molecular complexity index is 978. The Balaban J connectivity index is 2.09. The van der Waals surface area contributed by atoms with E-state index in [1.165, 1.54) is 12.1 Å². The number of nitrogens with zero attached hydrogens (tertiary/aromatic N) is 2. The van der Waals surface area contributed by atoms with E-state index in [4.69, 9.17) is 9.88 Å². The zero-order valence-electron chi connectivity index (χ0n) is 15.4. The Labute approximate surface area is 171 Å². The maximum Gasteiger partial charge on any atom is 0.241 e. The molecule has 1 unspecified atom stereocenters. The van der Waals surface area contributed by atoms with E-state index in [-0.39, 0.29) is 10.6 Å². The number of halogens is 1. The molecule has 5 N–H and O–H groups in total. The van der Waals surface area contributed by atoms with Crippen molar-refractivity contribution in [3.8, 4) is 5.75 Å². The van der Waals surface area contributed by atoms with Crippen LogP contribution in [0.1, 0.15) is 26.7 Å². The van der Waals surface area contributed by atoms with Gasteiger partial charge in [-0.2, -0.15) is 4.98 Å². The minimum Gasteiger partial charge on any atom is -0.486 e. The van der Waals surface area contributed by atoms with Crippen LogP contribution in [0.15, 0.2) is 33.8 Å². The van der Waals surface area contributed by atoms with E-state index in [1.807, 2.05) is 0 Å². The number of hydrogen-bond donors (Lipinski definition) is 4. The van der Waals surface area contributed by atoms with Gasteiger partial charge in [-0.15, -0.1) is 0 Å². The Morgan fingerprint density at radius 2 is 2.14 bits per heavy atom. The summed E-state index contributed by atoms with van der Waals surface area (Å²) in [6.45, 7) is 3.81. The highest BCUT2D eigenvalue weighted by Crippen LogP contribution is 2.32. The molecule has 2 aromatic rings. The number of hydrogen-bond acceptors (Lipinski definition) is 8. The van der Waals surface area contributed by atoms with E-state index < -0.39 is 21.7 Å². The summed E-state index contributed by atoms with van der Waals surface area (Å²) < 4.78 is 30.6. The van der Waals surface area contributed by atoms with Crippen molar-refractivity contribution in [2.45, 2.75) is 43.3 Å². The second-order valence-electron chi connectivity index (χ2n) is 7.05. The van der Waals surface area contributed by atoms with Gasteiger partial charge in [0.05, 0.1) is 10.1 Å². The predicted molar refractivity (Wildman–Crippen MR) is 109 cm³/mol. The monoisotopic (exact) mass is 471 g/mol. The molecule has 4 bridgehead atoms. The Morgan fingerprint density at radius 3 is 2.82 bits per heavy atom. The lowest BCUT2D eigenvalue weighted by Gasteiger charge is -2.30. The van der Waals surface area contributed by atoms with Crippen LogP contribution in [0.3, 0.4) is 0 Å². The first kappa shape index (κ1) is 20.8. The summed E-state index contributed by atoms with van der Waals surface area (Å²) in [5, 5.41) is 22.1. The smallest absolute Gasteiger partial charge is 0.241 e. The number of nitrogens with one attached hydrogen (secondary N) is 2. The average molecular weight is 472 g/mol. The molecule has 2 heterocycles. The van der Waals surface area contributed by atoms with Crippen molar-refractivity contribution >= 4 is 43.4 Å². The third kappa shape index (κ3) is 4.90. The van der Waals surface area contributed by atoms with Crippen LogP contribution < -0.4 is 20.5 Å². The molecule has 1 aromatic carbocycles. The molecule has 11 heteroatoms. The molecule has 1 atom stereocenters. The highest BCUT2D eigenvalue weighted by molar-refractivity contribution is 9.10. The van der Waals surface area contributed by atoms with Gasteiger partial charge in [0.2, 0.25) is 16.0 Å². The lowest BCUT2D eigenvalue weighted by atomic mass is 9.97. The quantitative estimate of drug-likeness (QED) is 0.523. The summed E-state index contributed by atoms with van der Waals surface area (Å²) in [5.41, 5.74) is -0.679. The van der Waals surface area contributed by atoms with Crippen molar-refractivity contribution in [3.05, 3.63) is 28.9 Å². The second kappa shape index (κ2) is 7.82. The van der Waals surface area contributed by atoms with E-state index in [0.717, 1.165) is 0 Å². The van der Waals surface area contributed by atoms with Crippen molar-refractivity contribution in [1.82, 2.24) is 9.97 Å². The Hall–Kier alpha value is -1.95. The van der Waals surface area contributed by atoms with Crippen LogP contribution in [0.2, 0.25) is 0 Å². The first-order chi connectivity index (χ1) is 13.0. The van der Waals surface area contributed by atoms with Crippen molar-refractivity contribution in [2.24, 2.45) is 5.14 Å². The second-order valence-corrected chi connectivity index (χ2v) is 9.44. The number of fused-ring (bicyclic) bond motifs is 4. The number of aliphatic hydroxyl groups is 1. The van der Waals surface area contributed by atoms with Gasteiger partial charge in [0.25, 0.3) is 0 Å². The molecule has 9 nitrogen and oxygen atoms in total. The highest BCUT2D eigenvalue weighted by atomic mass is 79.9. The third-order valence-corrected chi connectivity index (χ3v) is 5.77. The fourth-order valence-electron chi connectivity index (χ4n) is 2.80. The summed E-state index contributed by atoms with van der Waals surface area (Å²) >= 11 is 3.41. The molecule has 0 saturated carbocycles. The zero-order valence-corrected chi connectivity index (χ0v) is 17.8. The molecule has 0 amide bonds. The number of aromatic nitrogens is 2. The van der Waals surface area contributed by atoms with Crippen LogP contribution in [0.4, 0.5) is 17.5 Å². The summed E-state index contributed by atoms with van der Waals surface area (Å²) in [4.78, 5) is 8.47. The fourth-order valence-corrected chi connectivity index (χ4v) is 3.77. The van der Waals surface area contributed by atoms with Crippen molar-refractivity contribution in [2.75, 3.05) is 17.2 Å². The number of nitrogens with two attached hydrogens (primary N) is 1. The van der Waals surface area contributed by atoms with Crippen LogP contribution in [0.25, 0.3) is 0 Å². The normalized spacial score (nSPS) is 17.8. The lowest BCUT2D eigenvalue weighted by molar-refractivity contribution is -0.0388. The van der Waals surface area contributed by atoms with Gasteiger partial charge in [0.1, 0.15) is 22.6 Å². The molecular formula is C17H22BrN5O4S. The molecule has 1 aromatic heterocycles. The van der Waals surface area contributed by atoms with Gasteiger partial charge in [-0.3, -0.25) is 0 Å². The molecule has 28 heavy (non-hydrogen) atoms. The topological polar surface area (TPSA) is 139 Å². The number of benzene rings is 1. The van der Waals surface area contributed by atoms with Crippen LogP contribution >= 0.6 is 15.9 Å². The minimum absolute atomic E-state index is 0.0594. The number of anilines is 3. The van der Waals surface area contributed by atoms with Crippen molar-refractivity contribution in [1.29, 1.82) is 0 Å². The van der Waals surface area contributed by atoms with Gasteiger partial charge in [0.15, 0.2) is 0 Å². The maximum atomic E-state index is 12.0. The first-order valence-electron chi connectivity index (χ1n) is 8.63. The molecule has 152 valence electrons. The van der Waals surface area contributed by atoms with Gasteiger partial charge < -0.3 is 20.5 Å².